The summed E-state index contributed by atoms with van der Waals surface area (Å²) in [6, 6.07) is 5.18. The molecule has 0 aromatic carbocycles. The van der Waals surface area contributed by atoms with Crippen LogP contribution in [0.15, 0.2) is 27.9 Å². The summed E-state index contributed by atoms with van der Waals surface area (Å²) in [5.74, 6) is -0.608. The number of nitrogens with zero attached hydrogens (tertiary/aromatic N) is 7. The second kappa shape index (κ2) is 9.48. The molecular weight excluding hydrogens is 440 g/mol. The van der Waals surface area contributed by atoms with E-state index in [-0.39, 0.29) is 42.1 Å². The van der Waals surface area contributed by atoms with Gasteiger partial charge in [0.05, 0.1) is 30.8 Å². The average molecular weight is 467 g/mol. The largest absolute Gasteiger partial charge is 0.481 e. The van der Waals surface area contributed by atoms with E-state index in [2.05, 4.69) is 9.97 Å². The highest BCUT2D eigenvalue weighted by Crippen LogP contribution is 2.22. The normalized spacial score (nSPS) is 16.0. The predicted octanol–water partition coefficient (Wildman–Crippen LogP) is 0.0968. The van der Waals surface area contributed by atoms with Crippen molar-refractivity contribution in [2.24, 2.45) is 5.73 Å². The molecule has 0 aliphatic carbocycles. The molecule has 0 bridgehead atoms. The minimum Gasteiger partial charge on any atom is -0.481 e. The van der Waals surface area contributed by atoms with Crippen LogP contribution in [-0.4, -0.2) is 54.1 Å². The number of piperidine rings is 1. The van der Waals surface area contributed by atoms with Crippen molar-refractivity contribution in [3.05, 3.63) is 50.3 Å². The van der Waals surface area contributed by atoms with Crippen molar-refractivity contribution in [3.63, 3.8) is 0 Å². The highest BCUT2D eigenvalue weighted by molar-refractivity contribution is 5.77. The number of carboxylic acids is 1. The zero-order valence-electron chi connectivity index (χ0n) is 18.8. The second-order valence-corrected chi connectivity index (χ2v) is 8.25. The average Bonchev–Trinajstić information content (AvgIpc) is 3.22. The summed E-state index contributed by atoms with van der Waals surface area (Å²) in [6.45, 7) is 3.14. The number of nitriles is 1. The minimum atomic E-state index is -1.11. The molecule has 1 aliphatic heterocycles. The summed E-state index contributed by atoms with van der Waals surface area (Å²) < 4.78 is 3.96. The number of aryl methyl sites for hydroxylation is 1. The van der Waals surface area contributed by atoms with Gasteiger partial charge in [-0.1, -0.05) is 0 Å². The van der Waals surface area contributed by atoms with Gasteiger partial charge in [-0.15, -0.1) is 0 Å². The first-order valence-corrected chi connectivity index (χ1v) is 11.2. The molecule has 1 saturated heterocycles. The smallest absolute Gasteiger partial charge is 0.305 e. The molecule has 1 fully saturated rings. The van der Waals surface area contributed by atoms with E-state index < -0.39 is 17.1 Å². The molecule has 0 amide bonds. The molecule has 12 nitrogen and oxygen atoms in total. The van der Waals surface area contributed by atoms with Gasteiger partial charge in [0.2, 0.25) is 5.95 Å². The SMILES string of the molecule is CCn1c(N2CCCC(N)C2)nc2c(=O)n(CCC(=O)O)n(Cc3ncccc3C#N)c(=O)c21. The molecule has 1 unspecified atom stereocenters. The van der Waals surface area contributed by atoms with E-state index in [9.17, 15) is 24.8 Å². The van der Waals surface area contributed by atoms with Crippen LogP contribution in [-0.2, 0) is 24.4 Å². The van der Waals surface area contributed by atoms with Crippen LogP contribution in [0.5, 0.6) is 0 Å². The molecule has 12 heteroatoms. The van der Waals surface area contributed by atoms with Gasteiger partial charge in [-0.2, -0.15) is 5.26 Å². The molecule has 3 aromatic heterocycles. The Kier molecular flexibility index (Phi) is 6.47. The quantitative estimate of drug-likeness (QED) is 0.491. The number of pyridine rings is 1. The number of rotatable bonds is 7. The lowest BCUT2D eigenvalue weighted by molar-refractivity contribution is -0.137. The summed E-state index contributed by atoms with van der Waals surface area (Å²) in [5, 5.41) is 18.6. The number of imidazole rings is 1. The van der Waals surface area contributed by atoms with Crippen molar-refractivity contribution in [1.82, 2.24) is 23.9 Å². The Balaban J connectivity index is 1.95. The van der Waals surface area contributed by atoms with Gasteiger partial charge in [0.15, 0.2) is 5.52 Å². The Morgan fingerprint density at radius 1 is 1.32 bits per heavy atom. The number of nitrogens with two attached hydrogens (primary N) is 1. The fourth-order valence-electron chi connectivity index (χ4n) is 4.39. The number of carboxylic acid groups (broad SMARTS) is 1. The molecule has 3 N–H and O–H groups in total. The Morgan fingerprint density at radius 2 is 2.12 bits per heavy atom. The van der Waals surface area contributed by atoms with Crippen LogP contribution in [0.1, 0.15) is 37.4 Å². The first-order chi connectivity index (χ1) is 16.3. The van der Waals surface area contributed by atoms with Crippen molar-refractivity contribution in [2.75, 3.05) is 18.0 Å². The zero-order chi connectivity index (χ0) is 24.4. The third-order valence-corrected chi connectivity index (χ3v) is 6.02. The third kappa shape index (κ3) is 4.17. The standard InChI is InChI=1S/C22H26N8O4/c1-2-28-19-18(26-22(28)27-9-4-6-15(24)12-27)20(33)29(10-7-17(31)32)30(21(19)34)13-16-14(11-23)5-3-8-25-16/h3,5,8,15H,2,4,6-7,9-10,12-13,24H2,1H3,(H,31,32). The van der Waals surface area contributed by atoms with Crippen LogP contribution in [0.2, 0.25) is 0 Å². The van der Waals surface area contributed by atoms with E-state index in [0.717, 1.165) is 22.2 Å². The maximum Gasteiger partial charge on any atom is 0.305 e. The Morgan fingerprint density at radius 3 is 2.79 bits per heavy atom. The van der Waals surface area contributed by atoms with Gasteiger partial charge < -0.3 is 20.3 Å². The molecule has 1 atom stereocenters. The predicted molar refractivity (Wildman–Crippen MR) is 124 cm³/mol. The monoisotopic (exact) mass is 466 g/mol. The van der Waals surface area contributed by atoms with Gasteiger partial charge in [0.1, 0.15) is 11.6 Å². The van der Waals surface area contributed by atoms with Crippen LogP contribution in [0.3, 0.4) is 0 Å². The van der Waals surface area contributed by atoms with Crippen molar-refractivity contribution in [2.45, 2.75) is 51.9 Å². The molecule has 0 saturated carbocycles. The maximum absolute atomic E-state index is 13.7. The van der Waals surface area contributed by atoms with E-state index in [1.807, 2.05) is 17.9 Å². The molecule has 34 heavy (non-hydrogen) atoms. The molecule has 178 valence electrons. The van der Waals surface area contributed by atoms with Gasteiger partial charge >= 0.3 is 5.97 Å². The first-order valence-electron chi connectivity index (χ1n) is 11.2. The summed E-state index contributed by atoms with van der Waals surface area (Å²) in [4.78, 5) is 49.2. The minimum absolute atomic E-state index is 0.0100. The fraction of sp³-hybridized carbons (Fsp3) is 0.455. The van der Waals surface area contributed by atoms with Crippen molar-refractivity contribution >= 4 is 23.0 Å². The lowest BCUT2D eigenvalue weighted by atomic mass is 10.1. The molecule has 0 spiro atoms. The zero-order valence-corrected chi connectivity index (χ0v) is 18.8. The first kappa shape index (κ1) is 23.2. The number of fused-ring (bicyclic) bond motifs is 1. The Labute approximate surface area is 194 Å². The molecule has 0 radical (unpaired) electrons. The summed E-state index contributed by atoms with van der Waals surface area (Å²) in [5.41, 5.74) is 5.76. The molecule has 4 rings (SSSR count). The summed E-state index contributed by atoms with van der Waals surface area (Å²) in [6.07, 6.45) is 2.90. The van der Waals surface area contributed by atoms with Crippen molar-refractivity contribution < 1.29 is 9.90 Å². The molecule has 1 aliphatic rings. The second-order valence-electron chi connectivity index (χ2n) is 8.25. The van der Waals surface area contributed by atoms with E-state index in [0.29, 0.717) is 31.3 Å². The molecule has 3 aromatic rings. The molecule has 4 heterocycles. The van der Waals surface area contributed by atoms with Crippen LogP contribution in [0.25, 0.3) is 11.0 Å². The van der Waals surface area contributed by atoms with Gasteiger partial charge in [0, 0.05) is 31.9 Å². The van der Waals surface area contributed by atoms with Crippen LogP contribution in [0, 0.1) is 11.3 Å². The van der Waals surface area contributed by atoms with E-state index in [4.69, 9.17) is 5.73 Å². The summed E-state index contributed by atoms with van der Waals surface area (Å²) >= 11 is 0. The topological polar surface area (TPSA) is 165 Å². The van der Waals surface area contributed by atoms with E-state index >= 15 is 0 Å². The number of anilines is 1. The number of carbonyl (C=O) groups is 1. The summed E-state index contributed by atoms with van der Waals surface area (Å²) in [7, 11) is 0. The molecular formula is C22H26N8O4. The van der Waals surface area contributed by atoms with Gasteiger partial charge in [0.25, 0.3) is 11.1 Å². The number of hydrogen-bond acceptors (Lipinski definition) is 8. The van der Waals surface area contributed by atoms with Gasteiger partial charge in [-0.05, 0) is 31.9 Å². The highest BCUT2D eigenvalue weighted by atomic mass is 16.4. The Bertz CT molecular complexity index is 1400. The lowest BCUT2D eigenvalue weighted by Crippen LogP contribution is -2.44. The van der Waals surface area contributed by atoms with Crippen molar-refractivity contribution in [3.8, 4) is 6.07 Å². The van der Waals surface area contributed by atoms with E-state index in [1.54, 1.807) is 16.7 Å². The van der Waals surface area contributed by atoms with E-state index in [1.165, 1.54) is 6.20 Å². The number of aliphatic carboxylic acids is 1. The maximum atomic E-state index is 13.7. The lowest BCUT2D eigenvalue weighted by Gasteiger charge is -2.31. The van der Waals surface area contributed by atoms with Crippen LogP contribution in [0.4, 0.5) is 5.95 Å². The van der Waals surface area contributed by atoms with Gasteiger partial charge in [-0.3, -0.25) is 19.4 Å². The third-order valence-electron chi connectivity index (χ3n) is 6.02. The number of hydrogen-bond donors (Lipinski definition) is 2. The van der Waals surface area contributed by atoms with Crippen LogP contribution >= 0.6 is 0 Å². The van der Waals surface area contributed by atoms with Crippen molar-refractivity contribution in [1.29, 1.82) is 5.26 Å². The number of aromatic nitrogens is 5. The highest BCUT2D eigenvalue weighted by Gasteiger charge is 2.27. The Hall–Kier alpha value is -3.98. The van der Waals surface area contributed by atoms with Gasteiger partial charge in [-0.25, -0.2) is 14.3 Å². The van der Waals surface area contributed by atoms with Crippen LogP contribution < -0.4 is 21.8 Å². The fourth-order valence-corrected chi connectivity index (χ4v) is 4.39.